The summed E-state index contributed by atoms with van der Waals surface area (Å²) >= 11 is 0. The first kappa shape index (κ1) is 37.9. The number of piperidine rings is 1. The second kappa shape index (κ2) is 21.3. The van der Waals surface area contributed by atoms with E-state index in [0.29, 0.717) is 24.9 Å². The number of anilines is 1. The number of unbranched alkanes of at least 4 members (excludes halogenated alkanes) is 9. The minimum absolute atomic E-state index is 0.00481. The Morgan fingerprint density at radius 2 is 1.72 bits per heavy atom. The number of amides is 1. The van der Waals surface area contributed by atoms with E-state index >= 15 is 0 Å². The Labute approximate surface area is 277 Å². The van der Waals surface area contributed by atoms with Gasteiger partial charge >= 0.3 is 5.69 Å². The van der Waals surface area contributed by atoms with Crippen molar-refractivity contribution in [1.29, 1.82) is 0 Å². The number of aromatic amines is 1. The van der Waals surface area contributed by atoms with E-state index in [-0.39, 0.29) is 24.3 Å². The first-order valence-corrected chi connectivity index (χ1v) is 17.1. The van der Waals surface area contributed by atoms with Crippen LogP contribution in [0.1, 0.15) is 110 Å². The van der Waals surface area contributed by atoms with E-state index in [2.05, 4.69) is 17.2 Å². The molecule has 4 unspecified atom stereocenters. The molecule has 2 aromatic rings. The van der Waals surface area contributed by atoms with E-state index in [4.69, 9.17) is 20.2 Å². The summed E-state index contributed by atoms with van der Waals surface area (Å²) in [6.07, 6.45) is 17.9. The topological polar surface area (TPSA) is 158 Å². The van der Waals surface area contributed by atoms with Crippen LogP contribution in [0.5, 0.6) is 0 Å². The summed E-state index contributed by atoms with van der Waals surface area (Å²) in [6.45, 7) is 4.27. The van der Waals surface area contributed by atoms with Gasteiger partial charge in [0.1, 0.15) is 19.2 Å². The molecule has 12 heteroatoms. The highest BCUT2D eigenvalue weighted by Gasteiger charge is 2.39. The molecule has 260 valence electrons. The van der Waals surface area contributed by atoms with Crippen molar-refractivity contribution in [3.05, 3.63) is 75.3 Å². The molecule has 4 rings (SSSR count). The van der Waals surface area contributed by atoms with Gasteiger partial charge in [-0.15, -0.1) is 0 Å². The molecular weight excluding hydrogens is 602 g/mol. The van der Waals surface area contributed by atoms with E-state index in [0.717, 1.165) is 25.5 Å². The number of para-hydroxylation sites is 1. The molecule has 2 aliphatic rings. The first-order valence-electron chi connectivity index (χ1n) is 17.1. The molecule has 1 saturated heterocycles. The van der Waals surface area contributed by atoms with Crippen LogP contribution >= 0.6 is 0 Å². The number of hydrogen-bond donors (Lipinski definition) is 3. The van der Waals surface area contributed by atoms with Crippen molar-refractivity contribution < 1.29 is 23.9 Å². The van der Waals surface area contributed by atoms with E-state index in [1.54, 1.807) is 18.2 Å². The van der Waals surface area contributed by atoms with Crippen LogP contribution in [0.4, 0.5) is 5.69 Å². The molecule has 12 nitrogen and oxygen atoms in total. The largest absolute Gasteiger partial charge is 0.459 e. The van der Waals surface area contributed by atoms with Crippen molar-refractivity contribution in [3.8, 4) is 0 Å². The zero-order valence-electron chi connectivity index (χ0n) is 27.9. The van der Waals surface area contributed by atoms with Crippen molar-refractivity contribution in [2.45, 2.75) is 122 Å². The predicted octanol–water partition coefficient (Wildman–Crippen LogP) is 5.72. The summed E-state index contributed by atoms with van der Waals surface area (Å²) in [5.74, 6) is 5.31. The standard InChI is InChI=1S/C23H29N5O6.C12H24O/c1-15-10-11-19(27-13-12-18(29)26-23(27)31)28(14-32-24)22(15)34-20-9-5-8-17(33-20)21(30)25-16-6-3-2-4-7-16;1-2-3-4-5-6-7-8-9-10-11-12-13/h2-4,6-8,12-13,15,19-20,22H,5,9-11,14,24H2,1H3,(H,25,30)(H,26,29,31);12H,2-11H2,1H3. The molecule has 1 aromatic heterocycles. The number of carbonyl (C=O) groups is 2. The number of aromatic nitrogens is 2. The molecule has 4 N–H and O–H groups in total. The molecular formula is C35H53N5O7. The number of H-pyrrole nitrogens is 1. The van der Waals surface area contributed by atoms with Gasteiger partial charge in [-0.3, -0.25) is 24.0 Å². The lowest BCUT2D eigenvalue weighted by molar-refractivity contribution is -0.251. The van der Waals surface area contributed by atoms with Gasteiger partial charge in [0, 0.05) is 30.8 Å². The summed E-state index contributed by atoms with van der Waals surface area (Å²) in [7, 11) is 0. The third kappa shape index (κ3) is 12.9. The van der Waals surface area contributed by atoms with E-state index in [9.17, 15) is 19.2 Å². The zero-order valence-corrected chi connectivity index (χ0v) is 27.9. The average Bonchev–Trinajstić information content (AvgIpc) is 3.07. The number of hydrogen-bond acceptors (Lipinski definition) is 9. The van der Waals surface area contributed by atoms with Gasteiger partial charge in [-0.05, 0) is 49.8 Å². The molecule has 0 saturated carbocycles. The second-order valence-corrected chi connectivity index (χ2v) is 12.2. The third-order valence-corrected chi connectivity index (χ3v) is 8.44. The SMILES string of the molecule is CC1CCC(n2ccc(=O)[nH]c2=O)N(CON)C1OC1CCC=C(C(=O)Nc2ccccc2)O1.CCCCCCCCCCCC=O. The van der Waals surface area contributed by atoms with Gasteiger partial charge in [0.15, 0.2) is 5.76 Å². The van der Waals surface area contributed by atoms with E-state index in [1.165, 1.54) is 68.2 Å². The quantitative estimate of drug-likeness (QED) is 0.110. The lowest BCUT2D eigenvalue weighted by Crippen LogP contribution is -2.54. The third-order valence-electron chi connectivity index (χ3n) is 8.44. The number of ether oxygens (including phenoxy) is 2. The van der Waals surface area contributed by atoms with Gasteiger partial charge in [0.2, 0.25) is 6.29 Å². The first-order chi connectivity index (χ1) is 22.9. The molecule has 1 fully saturated rings. The maximum Gasteiger partial charge on any atom is 0.329 e. The Bertz CT molecular complexity index is 1350. The van der Waals surface area contributed by atoms with Crippen molar-refractivity contribution in [1.82, 2.24) is 14.5 Å². The fraction of sp³-hybridized carbons (Fsp3) is 0.600. The number of nitrogens with one attached hydrogen (secondary N) is 2. The molecule has 3 heterocycles. The minimum atomic E-state index is -0.666. The number of rotatable bonds is 17. The van der Waals surface area contributed by atoms with Gasteiger partial charge in [0.05, 0.1) is 6.17 Å². The fourth-order valence-electron chi connectivity index (χ4n) is 5.88. The summed E-state index contributed by atoms with van der Waals surface area (Å²) in [5, 5.41) is 2.81. The maximum atomic E-state index is 12.7. The summed E-state index contributed by atoms with van der Waals surface area (Å²) in [6, 6.07) is 10.4. The average molecular weight is 656 g/mol. The number of carbonyl (C=O) groups excluding carboxylic acids is 2. The molecule has 0 radical (unpaired) electrons. The Kier molecular flexibility index (Phi) is 17.2. The smallest absolute Gasteiger partial charge is 0.329 e. The number of allylic oxidation sites excluding steroid dienone is 1. The monoisotopic (exact) mass is 655 g/mol. The van der Waals surface area contributed by atoms with Gasteiger partial charge in [-0.1, -0.05) is 83.4 Å². The highest BCUT2D eigenvalue weighted by Crippen LogP contribution is 2.35. The van der Waals surface area contributed by atoms with Gasteiger partial charge in [-0.2, -0.15) is 0 Å². The maximum absolute atomic E-state index is 12.7. The molecule has 0 aliphatic carbocycles. The number of benzene rings is 1. The van der Waals surface area contributed by atoms with Crippen molar-refractivity contribution in [3.63, 3.8) is 0 Å². The number of nitrogens with two attached hydrogens (primary N) is 1. The highest BCUT2D eigenvalue weighted by atomic mass is 16.7. The highest BCUT2D eigenvalue weighted by molar-refractivity contribution is 6.02. The van der Waals surface area contributed by atoms with Crippen molar-refractivity contribution in [2.24, 2.45) is 11.8 Å². The van der Waals surface area contributed by atoms with E-state index < -0.39 is 29.9 Å². The normalized spacial score (nSPS) is 21.1. The van der Waals surface area contributed by atoms with Crippen LogP contribution in [0.2, 0.25) is 0 Å². The summed E-state index contributed by atoms with van der Waals surface area (Å²) in [4.78, 5) is 55.6. The molecule has 47 heavy (non-hydrogen) atoms. The van der Waals surface area contributed by atoms with E-state index in [1.807, 2.05) is 30.0 Å². The van der Waals surface area contributed by atoms with Gasteiger partial charge in [0.25, 0.3) is 11.5 Å². The molecule has 0 spiro atoms. The minimum Gasteiger partial charge on any atom is -0.459 e. The zero-order chi connectivity index (χ0) is 33.9. The Morgan fingerprint density at radius 3 is 2.38 bits per heavy atom. The van der Waals surface area contributed by atoms with Gasteiger partial charge in [-0.25, -0.2) is 15.6 Å². The summed E-state index contributed by atoms with van der Waals surface area (Å²) < 4.78 is 13.6. The lowest BCUT2D eigenvalue weighted by atomic mass is 9.95. The van der Waals surface area contributed by atoms with Crippen LogP contribution in [0, 0.1) is 5.92 Å². The predicted molar refractivity (Wildman–Crippen MR) is 181 cm³/mol. The van der Waals surface area contributed by atoms with Crippen molar-refractivity contribution >= 4 is 17.9 Å². The molecule has 0 bridgehead atoms. The Balaban J connectivity index is 0.000000392. The van der Waals surface area contributed by atoms with Crippen LogP contribution in [-0.4, -0.2) is 45.9 Å². The molecule has 2 aliphatic heterocycles. The second-order valence-electron chi connectivity index (χ2n) is 12.2. The van der Waals surface area contributed by atoms with Crippen LogP contribution in [0.3, 0.4) is 0 Å². The molecule has 1 amide bonds. The van der Waals surface area contributed by atoms with Crippen LogP contribution in [0.15, 0.2) is 64.0 Å². The van der Waals surface area contributed by atoms with Gasteiger partial charge < -0.3 is 19.6 Å². The Hall–Kier alpha value is -3.58. The lowest BCUT2D eigenvalue weighted by Gasteiger charge is -2.45. The number of nitrogens with zero attached hydrogens (tertiary/aromatic N) is 2. The van der Waals surface area contributed by atoms with Crippen molar-refractivity contribution in [2.75, 3.05) is 12.0 Å². The summed E-state index contributed by atoms with van der Waals surface area (Å²) in [5.41, 5.74) is -0.325. The number of likely N-dealkylation sites (tertiary alicyclic amines) is 1. The molecule has 4 atom stereocenters. The van der Waals surface area contributed by atoms with Crippen LogP contribution < -0.4 is 22.5 Å². The van der Waals surface area contributed by atoms with Crippen LogP contribution in [-0.2, 0) is 23.9 Å². The molecule has 1 aromatic carbocycles. The van der Waals surface area contributed by atoms with Crippen LogP contribution in [0.25, 0.3) is 0 Å². The fourth-order valence-corrected chi connectivity index (χ4v) is 5.88. The Morgan fingerprint density at radius 1 is 1.02 bits per heavy atom. The number of aldehydes is 1.